The number of imidazole rings is 1. The van der Waals surface area contributed by atoms with Crippen LogP contribution in [-0.2, 0) is 4.74 Å². The van der Waals surface area contributed by atoms with Gasteiger partial charge in [0, 0.05) is 29.6 Å². The van der Waals surface area contributed by atoms with E-state index in [2.05, 4.69) is 16.8 Å². The minimum atomic E-state index is -0.779. The van der Waals surface area contributed by atoms with Crippen LogP contribution in [-0.4, -0.2) is 56.9 Å². The van der Waals surface area contributed by atoms with Crippen molar-refractivity contribution in [2.75, 3.05) is 19.8 Å². The first-order valence-electron chi connectivity index (χ1n) is 10.6. The summed E-state index contributed by atoms with van der Waals surface area (Å²) >= 11 is 0. The average Bonchev–Trinajstić information content (AvgIpc) is 3.45. The number of ether oxygens (including phenoxy) is 2. The molecule has 2 heterocycles. The fourth-order valence-corrected chi connectivity index (χ4v) is 3.63. The molecule has 1 aliphatic heterocycles. The minimum absolute atomic E-state index is 0.212. The van der Waals surface area contributed by atoms with Crippen molar-refractivity contribution in [2.45, 2.75) is 31.3 Å². The van der Waals surface area contributed by atoms with Crippen LogP contribution in [0.3, 0.4) is 0 Å². The summed E-state index contributed by atoms with van der Waals surface area (Å²) in [6.45, 7) is 1.85. The van der Waals surface area contributed by atoms with Crippen molar-refractivity contribution in [3.05, 3.63) is 72.1 Å². The van der Waals surface area contributed by atoms with E-state index >= 15 is 0 Å². The summed E-state index contributed by atoms with van der Waals surface area (Å²) < 4.78 is 27.1. The SMILES string of the molecule is C[C@H](O)c1nccn1[C@@H](C#Cc1ccc(-c2ccc(OC3COC[C@H]3O)cc2F)cc1)CO. The molecule has 1 fully saturated rings. The molecular weight excluding hydrogens is 427 g/mol. The number of benzene rings is 2. The highest BCUT2D eigenvalue weighted by Crippen LogP contribution is 2.28. The van der Waals surface area contributed by atoms with Crippen LogP contribution in [0.25, 0.3) is 11.1 Å². The minimum Gasteiger partial charge on any atom is -0.485 e. The number of nitrogens with zero attached hydrogens (tertiary/aromatic N) is 2. The van der Waals surface area contributed by atoms with Crippen molar-refractivity contribution < 1.29 is 29.2 Å². The smallest absolute Gasteiger partial charge is 0.150 e. The molecule has 7 nitrogen and oxygen atoms in total. The van der Waals surface area contributed by atoms with Crippen molar-refractivity contribution in [1.82, 2.24) is 9.55 Å². The van der Waals surface area contributed by atoms with Gasteiger partial charge in [-0.05, 0) is 36.8 Å². The fourth-order valence-electron chi connectivity index (χ4n) is 3.63. The van der Waals surface area contributed by atoms with E-state index in [-0.39, 0.29) is 19.8 Å². The number of halogens is 1. The Balaban J connectivity index is 1.48. The van der Waals surface area contributed by atoms with E-state index in [9.17, 15) is 19.7 Å². The molecule has 3 aromatic rings. The maximum absolute atomic E-state index is 14.7. The van der Waals surface area contributed by atoms with Crippen LogP contribution in [0.15, 0.2) is 54.9 Å². The van der Waals surface area contributed by atoms with Crippen molar-refractivity contribution in [2.24, 2.45) is 0 Å². The molecule has 4 atom stereocenters. The van der Waals surface area contributed by atoms with E-state index in [1.54, 1.807) is 60.3 Å². The maximum Gasteiger partial charge on any atom is 0.150 e. The normalized spacial score (nSPS) is 19.5. The molecule has 33 heavy (non-hydrogen) atoms. The molecule has 1 unspecified atom stereocenters. The molecule has 172 valence electrons. The predicted octanol–water partition coefficient (Wildman–Crippen LogP) is 2.47. The van der Waals surface area contributed by atoms with E-state index in [1.165, 1.54) is 6.07 Å². The van der Waals surface area contributed by atoms with Gasteiger partial charge in [0.15, 0.2) is 0 Å². The number of aliphatic hydroxyl groups is 3. The monoisotopic (exact) mass is 452 g/mol. The summed E-state index contributed by atoms with van der Waals surface area (Å²) in [6, 6.07) is 11.1. The molecule has 4 rings (SSSR count). The van der Waals surface area contributed by atoms with E-state index < -0.39 is 30.2 Å². The summed E-state index contributed by atoms with van der Waals surface area (Å²) in [6.07, 6.45) is 1.21. The zero-order chi connectivity index (χ0) is 23.4. The Morgan fingerprint density at radius 2 is 2.03 bits per heavy atom. The number of aliphatic hydroxyl groups excluding tert-OH is 3. The summed E-state index contributed by atoms with van der Waals surface area (Å²) in [5.41, 5.74) is 1.79. The Morgan fingerprint density at radius 3 is 2.67 bits per heavy atom. The third-order valence-electron chi connectivity index (χ3n) is 5.39. The van der Waals surface area contributed by atoms with Crippen molar-refractivity contribution in [3.63, 3.8) is 0 Å². The molecule has 2 aromatic carbocycles. The third kappa shape index (κ3) is 5.24. The lowest BCUT2D eigenvalue weighted by atomic mass is 10.0. The molecule has 1 aliphatic rings. The highest BCUT2D eigenvalue weighted by atomic mass is 19.1. The Morgan fingerprint density at radius 1 is 1.24 bits per heavy atom. The van der Waals surface area contributed by atoms with Gasteiger partial charge in [-0.2, -0.15) is 0 Å². The summed E-state index contributed by atoms with van der Waals surface area (Å²) in [5.74, 6) is 6.32. The molecule has 0 bridgehead atoms. The first-order chi connectivity index (χ1) is 16.0. The standard InChI is InChI=1S/C25H25FN2O5/c1-16(30)25-27-10-11-28(25)19(13-29)7-4-17-2-5-18(6-3-17)21-9-8-20(12-22(21)26)33-24-15-32-14-23(24)31/h2-3,5-6,8-12,16,19,23-24,29-31H,13-15H2,1H3/t16-,19-,23+,24?/m0/s1. The average molecular weight is 452 g/mol. The van der Waals surface area contributed by atoms with Gasteiger partial charge >= 0.3 is 0 Å². The van der Waals surface area contributed by atoms with Crippen LogP contribution in [0.5, 0.6) is 5.75 Å². The second-order valence-electron chi connectivity index (χ2n) is 7.82. The lowest BCUT2D eigenvalue weighted by Crippen LogP contribution is -2.29. The van der Waals surface area contributed by atoms with Gasteiger partial charge in [-0.25, -0.2) is 9.37 Å². The Kier molecular flexibility index (Phi) is 7.06. The van der Waals surface area contributed by atoms with Crippen molar-refractivity contribution in [3.8, 4) is 28.7 Å². The van der Waals surface area contributed by atoms with Gasteiger partial charge in [0.25, 0.3) is 0 Å². The topological polar surface area (TPSA) is 97.0 Å². The van der Waals surface area contributed by atoms with Gasteiger partial charge in [0.05, 0.1) is 19.8 Å². The molecule has 1 aromatic heterocycles. The van der Waals surface area contributed by atoms with Gasteiger partial charge in [-0.15, -0.1) is 0 Å². The molecule has 0 radical (unpaired) electrons. The van der Waals surface area contributed by atoms with Crippen LogP contribution in [0, 0.1) is 17.7 Å². The predicted molar refractivity (Wildman–Crippen MR) is 119 cm³/mol. The highest BCUT2D eigenvalue weighted by Gasteiger charge is 2.28. The van der Waals surface area contributed by atoms with Gasteiger partial charge in [-0.1, -0.05) is 24.0 Å². The fraction of sp³-hybridized carbons (Fsp3) is 0.320. The molecule has 3 N–H and O–H groups in total. The molecule has 0 spiro atoms. The van der Waals surface area contributed by atoms with Gasteiger partial charge in [0.1, 0.15) is 41.7 Å². The number of hydrogen-bond donors (Lipinski definition) is 3. The van der Waals surface area contributed by atoms with Gasteiger partial charge in [0.2, 0.25) is 0 Å². The summed E-state index contributed by atoms with van der Waals surface area (Å²) in [5, 5.41) is 29.3. The van der Waals surface area contributed by atoms with E-state index in [0.29, 0.717) is 28.3 Å². The Labute approximate surface area is 191 Å². The maximum atomic E-state index is 14.7. The molecule has 0 aliphatic carbocycles. The van der Waals surface area contributed by atoms with Crippen LogP contribution >= 0.6 is 0 Å². The zero-order valence-corrected chi connectivity index (χ0v) is 18.1. The number of hydrogen-bond acceptors (Lipinski definition) is 6. The molecule has 8 heteroatoms. The second kappa shape index (κ2) is 10.1. The first-order valence-corrected chi connectivity index (χ1v) is 10.6. The summed E-state index contributed by atoms with van der Waals surface area (Å²) in [4.78, 5) is 4.10. The largest absolute Gasteiger partial charge is 0.485 e. The number of rotatable bonds is 6. The molecule has 0 amide bonds. The first kappa shape index (κ1) is 23.0. The van der Waals surface area contributed by atoms with Crippen LogP contribution in [0.1, 0.15) is 30.5 Å². The van der Waals surface area contributed by atoms with E-state index in [0.717, 1.165) is 0 Å². The van der Waals surface area contributed by atoms with Gasteiger partial charge in [-0.3, -0.25) is 0 Å². The van der Waals surface area contributed by atoms with Crippen molar-refractivity contribution in [1.29, 1.82) is 0 Å². The Hall–Kier alpha value is -3.22. The van der Waals surface area contributed by atoms with Crippen molar-refractivity contribution >= 4 is 0 Å². The summed E-state index contributed by atoms with van der Waals surface area (Å²) in [7, 11) is 0. The van der Waals surface area contributed by atoms with Crippen LogP contribution in [0.4, 0.5) is 4.39 Å². The van der Waals surface area contributed by atoms with Crippen LogP contribution in [0.2, 0.25) is 0 Å². The second-order valence-corrected chi connectivity index (χ2v) is 7.82. The highest BCUT2D eigenvalue weighted by molar-refractivity contribution is 5.66. The Bertz CT molecular complexity index is 1150. The zero-order valence-electron chi connectivity index (χ0n) is 18.1. The third-order valence-corrected chi connectivity index (χ3v) is 5.39. The molecule has 0 saturated carbocycles. The molecule has 1 saturated heterocycles. The quantitative estimate of drug-likeness (QED) is 0.498. The lowest BCUT2D eigenvalue weighted by Gasteiger charge is -2.16. The molecular formula is C25H25FN2O5. The lowest BCUT2D eigenvalue weighted by molar-refractivity contribution is 0.0731. The van der Waals surface area contributed by atoms with E-state index in [4.69, 9.17) is 9.47 Å². The van der Waals surface area contributed by atoms with E-state index in [1.807, 2.05) is 0 Å². The number of aromatic nitrogens is 2. The van der Waals surface area contributed by atoms with Gasteiger partial charge < -0.3 is 29.4 Å². The van der Waals surface area contributed by atoms with Crippen LogP contribution < -0.4 is 4.74 Å².